The Morgan fingerprint density at radius 3 is 2.47 bits per heavy atom. The van der Waals surface area contributed by atoms with Crippen molar-refractivity contribution in [2.75, 3.05) is 11.9 Å². The highest BCUT2D eigenvalue weighted by molar-refractivity contribution is 5.95. The van der Waals surface area contributed by atoms with Gasteiger partial charge >= 0.3 is 5.69 Å². The van der Waals surface area contributed by atoms with Crippen molar-refractivity contribution in [1.82, 2.24) is 29.1 Å². The summed E-state index contributed by atoms with van der Waals surface area (Å²) in [5.74, 6) is 2.02. The topological polar surface area (TPSA) is 128 Å². The fourth-order valence-corrected chi connectivity index (χ4v) is 4.36. The molecule has 0 atom stereocenters. The van der Waals surface area contributed by atoms with Crippen LogP contribution in [0, 0.1) is 11.8 Å². The third-order valence-electron chi connectivity index (χ3n) is 6.82. The number of rotatable bonds is 10. The Kier molecular flexibility index (Phi) is 5.71. The van der Waals surface area contributed by atoms with E-state index in [2.05, 4.69) is 25.3 Å². The van der Waals surface area contributed by atoms with Gasteiger partial charge in [-0.2, -0.15) is 0 Å². The van der Waals surface area contributed by atoms with E-state index in [1.165, 1.54) is 4.57 Å². The molecule has 2 fully saturated rings. The SMILES string of the molecule is O=C(CCNc1ccc(-c2nc3c([nH]2)c(=O)n(CC2CC2)c(=O)n3CC2CC2)cn1)c1cccnc1. The van der Waals surface area contributed by atoms with Gasteiger partial charge in [-0.1, -0.05) is 0 Å². The Hall–Kier alpha value is -4.08. The van der Waals surface area contributed by atoms with Gasteiger partial charge in [0.25, 0.3) is 5.56 Å². The van der Waals surface area contributed by atoms with E-state index >= 15 is 0 Å². The van der Waals surface area contributed by atoms with Crippen molar-refractivity contribution in [3.63, 3.8) is 0 Å². The van der Waals surface area contributed by atoms with E-state index < -0.39 is 0 Å². The molecule has 0 aromatic carbocycles. The van der Waals surface area contributed by atoms with Crippen LogP contribution in [0.1, 0.15) is 42.5 Å². The Morgan fingerprint density at radius 1 is 1.03 bits per heavy atom. The molecular formula is C26H27N7O3. The van der Waals surface area contributed by atoms with Gasteiger partial charge in [0.05, 0.1) is 0 Å². The zero-order valence-electron chi connectivity index (χ0n) is 19.8. The highest BCUT2D eigenvalue weighted by atomic mass is 16.2. The number of ketones is 1. The van der Waals surface area contributed by atoms with Crippen LogP contribution in [0.15, 0.2) is 52.4 Å². The maximum atomic E-state index is 13.2. The molecule has 0 spiro atoms. The van der Waals surface area contributed by atoms with E-state index in [-0.39, 0.29) is 17.0 Å². The first-order valence-corrected chi connectivity index (χ1v) is 12.4. The highest BCUT2D eigenvalue weighted by Gasteiger charge is 2.28. The fourth-order valence-electron chi connectivity index (χ4n) is 4.36. The largest absolute Gasteiger partial charge is 0.370 e. The van der Waals surface area contributed by atoms with Gasteiger partial charge in [0, 0.05) is 55.8 Å². The lowest BCUT2D eigenvalue weighted by Gasteiger charge is -2.10. The molecule has 0 unspecified atom stereocenters. The monoisotopic (exact) mass is 485 g/mol. The van der Waals surface area contributed by atoms with Gasteiger partial charge < -0.3 is 10.3 Å². The van der Waals surface area contributed by atoms with Gasteiger partial charge in [0.2, 0.25) is 0 Å². The molecule has 0 saturated heterocycles. The van der Waals surface area contributed by atoms with Crippen LogP contribution in [0.25, 0.3) is 22.6 Å². The average Bonchev–Trinajstić information content (AvgIpc) is 3.84. The summed E-state index contributed by atoms with van der Waals surface area (Å²) in [5.41, 5.74) is 1.50. The molecule has 2 N–H and O–H groups in total. The minimum Gasteiger partial charge on any atom is -0.370 e. The Balaban J connectivity index is 1.22. The minimum absolute atomic E-state index is 0.0130. The number of H-pyrrole nitrogens is 1. The molecule has 0 amide bonds. The van der Waals surface area contributed by atoms with E-state index in [9.17, 15) is 14.4 Å². The molecular weight excluding hydrogens is 458 g/mol. The minimum atomic E-state index is -0.308. The third-order valence-corrected chi connectivity index (χ3v) is 6.82. The number of carbonyl (C=O) groups excluding carboxylic acids is 1. The van der Waals surface area contributed by atoms with Crippen molar-refractivity contribution >= 4 is 22.8 Å². The van der Waals surface area contributed by atoms with Crippen molar-refractivity contribution in [3.8, 4) is 11.4 Å². The number of Topliss-reactive ketones (excluding diaryl/α,β-unsaturated/α-hetero) is 1. The van der Waals surface area contributed by atoms with Gasteiger partial charge in [-0.3, -0.25) is 23.7 Å². The number of anilines is 1. The van der Waals surface area contributed by atoms with Crippen LogP contribution in [-0.4, -0.2) is 41.4 Å². The molecule has 0 aliphatic heterocycles. The van der Waals surface area contributed by atoms with Gasteiger partial charge in [-0.05, 0) is 61.8 Å². The standard InChI is InChI=1S/C26H27N7O3/c34-20(18-2-1-10-27-12-18)9-11-28-21-8-7-19(13-29-21)23-30-22-24(31-23)32(14-16-3-4-16)26(36)33(25(22)35)15-17-5-6-17/h1-2,7-8,10,12-13,16-17H,3-6,9,11,14-15H2,(H,28,29)(H,30,31). The summed E-state index contributed by atoms with van der Waals surface area (Å²) in [5, 5.41) is 3.15. The first-order chi connectivity index (χ1) is 17.6. The number of hydrogen-bond donors (Lipinski definition) is 2. The average molecular weight is 486 g/mol. The molecule has 36 heavy (non-hydrogen) atoms. The molecule has 2 aliphatic rings. The quantitative estimate of drug-likeness (QED) is 0.331. The predicted molar refractivity (Wildman–Crippen MR) is 135 cm³/mol. The third kappa shape index (κ3) is 4.58. The van der Waals surface area contributed by atoms with Gasteiger partial charge in [-0.25, -0.2) is 14.8 Å². The molecule has 6 rings (SSSR count). The number of aromatic amines is 1. The van der Waals surface area contributed by atoms with E-state index in [0.29, 0.717) is 71.8 Å². The van der Waals surface area contributed by atoms with Gasteiger partial charge in [0.1, 0.15) is 17.2 Å². The smallest absolute Gasteiger partial charge is 0.332 e. The van der Waals surface area contributed by atoms with E-state index in [1.54, 1.807) is 41.4 Å². The molecule has 4 aromatic heterocycles. The van der Waals surface area contributed by atoms with Crippen molar-refractivity contribution in [2.24, 2.45) is 11.8 Å². The summed E-state index contributed by atoms with van der Waals surface area (Å²) in [7, 11) is 0. The van der Waals surface area contributed by atoms with Crippen molar-refractivity contribution in [3.05, 3.63) is 69.3 Å². The second kappa shape index (κ2) is 9.18. The second-order valence-electron chi connectivity index (χ2n) is 9.75. The predicted octanol–water partition coefficient (Wildman–Crippen LogP) is 2.85. The summed E-state index contributed by atoms with van der Waals surface area (Å²) in [6, 6.07) is 7.15. The van der Waals surface area contributed by atoms with Crippen molar-refractivity contribution < 1.29 is 4.79 Å². The van der Waals surface area contributed by atoms with Crippen molar-refractivity contribution in [2.45, 2.75) is 45.2 Å². The summed E-state index contributed by atoms with van der Waals surface area (Å²) in [4.78, 5) is 54.8. The summed E-state index contributed by atoms with van der Waals surface area (Å²) in [6.45, 7) is 1.50. The number of imidazole rings is 1. The molecule has 4 heterocycles. The van der Waals surface area contributed by atoms with Crippen LogP contribution in [0.5, 0.6) is 0 Å². The normalized spacial score (nSPS) is 15.3. The molecule has 4 aromatic rings. The van der Waals surface area contributed by atoms with Crippen LogP contribution < -0.4 is 16.6 Å². The summed E-state index contributed by atoms with van der Waals surface area (Å²) >= 11 is 0. The fraction of sp³-hybridized carbons (Fsp3) is 0.385. The van der Waals surface area contributed by atoms with E-state index in [1.807, 2.05) is 6.07 Å². The van der Waals surface area contributed by atoms with Crippen LogP contribution in [0.2, 0.25) is 0 Å². The maximum Gasteiger partial charge on any atom is 0.332 e. The second-order valence-corrected chi connectivity index (χ2v) is 9.75. The van der Waals surface area contributed by atoms with Crippen molar-refractivity contribution in [1.29, 1.82) is 0 Å². The molecule has 0 radical (unpaired) electrons. The zero-order chi connectivity index (χ0) is 24.6. The molecule has 2 saturated carbocycles. The van der Waals surface area contributed by atoms with Crippen LogP contribution in [0.3, 0.4) is 0 Å². The molecule has 10 nitrogen and oxygen atoms in total. The highest BCUT2D eigenvalue weighted by Crippen LogP contribution is 2.32. The lowest BCUT2D eigenvalue weighted by atomic mass is 10.1. The number of nitrogens with one attached hydrogen (secondary N) is 2. The van der Waals surface area contributed by atoms with E-state index in [4.69, 9.17) is 0 Å². The molecule has 184 valence electrons. The summed E-state index contributed by atoms with van der Waals surface area (Å²) in [6.07, 6.45) is 9.50. The number of nitrogens with zero attached hydrogens (tertiary/aromatic N) is 5. The van der Waals surface area contributed by atoms with Crippen LogP contribution in [0.4, 0.5) is 5.82 Å². The molecule has 0 bridgehead atoms. The Labute approximate surface area is 206 Å². The summed E-state index contributed by atoms with van der Waals surface area (Å²) < 4.78 is 3.04. The Bertz CT molecular complexity index is 1530. The molecule has 2 aliphatic carbocycles. The Morgan fingerprint density at radius 2 is 1.81 bits per heavy atom. The number of hydrogen-bond acceptors (Lipinski definition) is 7. The number of carbonyl (C=O) groups is 1. The lowest BCUT2D eigenvalue weighted by molar-refractivity contribution is 0.0986. The first-order valence-electron chi connectivity index (χ1n) is 12.4. The molecule has 10 heteroatoms. The zero-order valence-corrected chi connectivity index (χ0v) is 19.8. The maximum absolute atomic E-state index is 13.2. The first kappa shape index (κ1) is 22.4. The lowest BCUT2D eigenvalue weighted by Crippen LogP contribution is -2.41. The van der Waals surface area contributed by atoms with Crippen LogP contribution >= 0.6 is 0 Å². The van der Waals surface area contributed by atoms with Crippen LogP contribution in [-0.2, 0) is 13.1 Å². The number of fused-ring (bicyclic) bond motifs is 1. The van der Waals surface area contributed by atoms with Gasteiger partial charge in [-0.15, -0.1) is 0 Å². The van der Waals surface area contributed by atoms with Gasteiger partial charge in [0.15, 0.2) is 11.4 Å². The van der Waals surface area contributed by atoms with E-state index in [0.717, 1.165) is 25.7 Å². The number of pyridine rings is 2. The number of aromatic nitrogens is 6.